The Labute approximate surface area is 172 Å². The van der Waals surface area contributed by atoms with Gasteiger partial charge < -0.3 is 14.6 Å². The summed E-state index contributed by atoms with van der Waals surface area (Å²) < 4.78 is 8.88. The monoisotopic (exact) mass is 414 g/mol. The van der Waals surface area contributed by atoms with Crippen molar-refractivity contribution >= 4 is 29.1 Å². The van der Waals surface area contributed by atoms with Gasteiger partial charge >= 0.3 is 0 Å². The number of ether oxygens (including phenoxy) is 1. The molecule has 0 unspecified atom stereocenters. The number of anilines is 1. The first-order valence-corrected chi connectivity index (χ1v) is 9.96. The minimum Gasteiger partial charge on any atom is -0.479 e. The molecule has 1 N–H and O–H groups in total. The van der Waals surface area contributed by atoms with Crippen LogP contribution < -0.4 is 10.1 Å². The Morgan fingerprint density at radius 1 is 1.21 bits per heavy atom. The third kappa shape index (κ3) is 4.65. The fraction of sp³-hybridized carbons (Fsp3) is 0.316. The van der Waals surface area contributed by atoms with Gasteiger partial charge in [-0.05, 0) is 38.1 Å². The lowest BCUT2D eigenvalue weighted by Gasteiger charge is -2.08. The van der Waals surface area contributed by atoms with E-state index in [0.29, 0.717) is 34.7 Å². The zero-order valence-corrected chi connectivity index (χ0v) is 17.5. The van der Waals surface area contributed by atoms with Crippen LogP contribution in [0.25, 0.3) is 11.4 Å². The van der Waals surface area contributed by atoms with E-state index in [1.807, 2.05) is 24.7 Å². The number of hydrogen-bond acceptors (Lipinski definition) is 7. The molecule has 0 saturated heterocycles. The highest BCUT2D eigenvalue weighted by Gasteiger charge is 2.20. The third-order valence-corrected chi connectivity index (χ3v) is 5.14. The van der Waals surface area contributed by atoms with Crippen molar-refractivity contribution in [3.8, 4) is 17.3 Å². The molecule has 1 amide bonds. The number of aromatic nitrogens is 5. The van der Waals surface area contributed by atoms with Crippen LogP contribution in [-0.2, 0) is 18.4 Å². The van der Waals surface area contributed by atoms with Gasteiger partial charge in [-0.15, -0.1) is 15.3 Å². The summed E-state index contributed by atoms with van der Waals surface area (Å²) in [6.07, 6.45) is 1.82. The van der Waals surface area contributed by atoms with Crippen LogP contribution in [-0.4, -0.2) is 49.1 Å². The Morgan fingerprint density at radius 3 is 2.55 bits per heavy atom. The summed E-state index contributed by atoms with van der Waals surface area (Å²) in [4.78, 5) is 23.6. The average molecular weight is 414 g/mol. The number of hydrogen-bond donors (Lipinski definition) is 1. The standard InChI is InChI=1S/C19H22N6O3S/c1-5-25-17(15-10-24(3)23-18(15)28-4)21-22-19(25)29-11-16(27)20-14-8-6-13(7-9-14)12(2)26/h6-10H,5,11H2,1-4H3,(H,20,27). The Morgan fingerprint density at radius 2 is 1.93 bits per heavy atom. The molecular weight excluding hydrogens is 392 g/mol. The Balaban J connectivity index is 1.68. The summed E-state index contributed by atoms with van der Waals surface area (Å²) in [6.45, 7) is 4.12. The molecule has 0 fully saturated rings. The van der Waals surface area contributed by atoms with Crippen LogP contribution in [0, 0.1) is 0 Å². The second kappa shape index (κ2) is 8.91. The molecule has 10 heteroatoms. The highest BCUT2D eigenvalue weighted by atomic mass is 32.2. The molecule has 0 aliphatic heterocycles. The molecule has 2 heterocycles. The van der Waals surface area contributed by atoms with Crippen LogP contribution in [0.3, 0.4) is 0 Å². The van der Waals surface area contributed by atoms with Gasteiger partial charge in [0.05, 0.1) is 12.9 Å². The van der Waals surface area contributed by atoms with E-state index in [1.165, 1.54) is 18.7 Å². The second-order valence-electron chi connectivity index (χ2n) is 6.25. The van der Waals surface area contributed by atoms with Gasteiger partial charge in [-0.1, -0.05) is 11.8 Å². The zero-order chi connectivity index (χ0) is 21.0. The quantitative estimate of drug-likeness (QED) is 0.446. The Kier molecular flexibility index (Phi) is 6.32. The van der Waals surface area contributed by atoms with Gasteiger partial charge in [0.25, 0.3) is 0 Å². The van der Waals surface area contributed by atoms with Gasteiger partial charge in [0.2, 0.25) is 11.8 Å². The van der Waals surface area contributed by atoms with E-state index in [9.17, 15) is 9.59 Å². The van der Waals surface area contributed by atoms with Gasteiger partial charge in [0, 0.05) is 31.0 Å². The predicted molar refractivity (Wildman–Crippen MR) is 110 cm³/mol. The normalized spacial score (nSPS) is 10.8. The van der Waals surface area contributed by atoms with E-state index >= 15 is 0 Å². The SMILES string of the molecule is CCn1c(SCC(=O)Nc2ccc(C(C)=O)cc2)nnc1-c1cn(C)nc1OC. The van der Waals surface area contributed by atoms with E-state index in [-0.39, 0.29) is 17.4 Å². The molecule has 0 aliphatic carbocycles. The summed E-state index contributed by atoms with van der Waals surface area (Å²) in [7, 11) is 3.36. The van der Waals surface area contributed by atoms with E-state index in [1.54, 1.807) is 36.1 Å². The zero-order valence-electron chi connectivity index (χ0n) is 16.7. The van der Waals surface area contributed by atoms with E-state index in [0.717, 1.165) is 5.56 Å². The molecule has 0 spiro atoms. The fourth-order valence-corrected chi connectivity index (χ4v) is 3.57. The van der Waals surface area contributed by atoms with Crippen molar-refractivity contribution in [1.29, 1.82) is 0 Å². The molecular formula is C19H22N6O3S. The van der Waals surface area contributed by atoms with Crippen molar-refractivity contribution < 1.29 is 14.3 Å². The topological polar surface area (TPSA) is 104 Å². The van der Waals surface area contributed by atoms with Gasteiger partial charge in [0.15, 0.2) is 16.8 Å². The first kappa shape index (κ1) is 20.6. The van der Waals surface area contributed by atoms with E-state index in [2.05, 4.69) is 20.6 Å². The molecule has 0 saturated carbocycles. The maximum absolute atomic E-state index is 12.3. The maximum atomic E-state index is 12.3. The molecule has 0 bridgehead atoms. The molecule has 3 aromatic rings. The van der Waals surface area contributed by atoms with Crippen molar-refractivity contribution in [1.82, 2.24) is 24.5 Å². The number of benzene rings is 1. The predicted octanol–water partition coefficient (Wildman–Crippen LogP) is 2.64. The third-order valence-electron chi connectivity index (χ3n) is 4.17. The van der Waals surface area contributed by atoms with Crippen LogP contribution in [0.1, 0.15) is 24.2 Å². The maximum Gasteiger partial charge on any atom is 0.243 e. The van der Waals surface area contributed by atoms with Gasteiger partial charge in [0.1, 0.15) is 5.56 Å². The average Bonchev–Trinajstić information content (AvgIpc) is 3.28. The Hall–Kier alpha value is -3.14. The first-order valence-electron chi connectivity index (χ1n) is 8.97. The number of carbonyl (C=O) groups is 2. The summed E-state index contributed by atoms with van der Waals surface area (Å²) in [6, 6.07) is 6.79. The highest BCUT2D eigenvalue weighted by molar-refractivity contribution is 7.99. The van der Waals surface area contributed by atoms with E-state index < -0.39 is 0 Å². The molecule has 0 atom stereocenters. The lowest BCUT2D eigenvalue weighted by atomic mass is 10.1. The number of thioether (sulfide) groups is 1. The number of carbonyl (C=O) groups excluding carboxylic acids is 2. The summed E-state index contributed by atoms with van der Waals surface area (Å²) in [5, 5.41) is 16.2. The molecule has 29 heavy (non-hydrogen) atoms. The lowest BCUT2D eigenvalue weighted by Crippen LogP contribution is -2.14. The van der Waals surface area contributed by atoms with Crippen LogP contribution in [0.4, 0.5) is 5.69 Å². The summed E-state index contributed by atoms with van der Waals surface area (Å²) in [5.74, 6) is 1.10. The van der Waals surface area contributed by atoms with Gasteiger partial charge in [-0.25, -0.2) is 0 Å². The van der Waals surface area contributed by atoms with Crippen LogP contribution >= 0.6 is 11.8 Å². The fourth-order valence-electron chi connectivity index (χ4n) is 2.77. The number of methoxy groups -OCH3 is 1. The molecule has 1 aromatic carbocycles. The molecule has 0 radical (unpaired) electrons. The molecule has 0 aliphatic rings. The molecule has 152 valence electrons. The molecule has 3 rings (SSSR count). The number of aryl methyl sites for hydroxylation is 1. The molecule has 2 aromatic heterocycles. The van der Waals surface area contributed by atoms with Crippen molar-refractivity contribution in [2.45, 2.75) is 25.5 Å². The summed E-state index contributed by atoms with van der Waals surface area (Å²) in [5.41, 5.74) is 1.98. The van der Waals surface area contributed by atoms with E-state index in [4.69, 9.17) is 4.74 Å². The largest absolute Gasteiger partial charge is 0.479 e. The van der Waals surface area contributed by atoms with Crippen molar-refractivity contribution in [3.05, 3.63) is 36.0 Å². The minimum atomic E-state index is -0.170. The number of nitrogens with zero attached hydrogens (tertiary/aromatic N) is 5. The van der Waals surface area contributed by atoms with Gasteiger partial charge in [-0.3, -0.25) is 14.3 Å². The minimum absolute atomic E-state index is 0.0154. The number of rotatable bonds is 8. The Bertz CT molecular complexity index is 1030. The van der Waals surface area contributed by atoms with Crippen molar-refractivity contribution in [3.63, 3.8) is 0 Å². The number of nitrogens with one attached hydrogen (secondary N) is 1. The van der Waals surface area contributed by atoms with Crippen LogP contribution in [0.5, 0.6) is 5.88 Å². The lowest BCUT2D eigenvalue weighted by molar-refractivity contribution is -0.113. The smallest absolute Gasteiger partial charge is 0.243 e. The van der Waals surface area contributed by atoms with Crippen molar-refractivity contribution in [2.24, 2.45) is 7.05 Å². The van der Waals surface area contributed by atoms with Crippen LogP contribution in [0.15, 0.2) is 35.6 Å². The molecule has 9 nitrogen and oxygen atoms in total. The summed E-state index contributed by atoms with van der Waals surface area (Å²) >= 11 is 1.30. The number of ketones is 1. The van der Waals surface area contributed by atoms with Crippen LogP contribution in [0.2, 0.25) is 0 Å². The van der Waals surface area contributed by atoms with Crippen molar-refractivity contribution in [2.75, 3.05) is 18.2 Å². The second-order valence-corrected chi connectivity index (χ2v) is 7.19. The number of Topliss-reactive ketones (excluding diaryl/α,β-unsaturated/α-hetero) is 1. The number of amides is 1. The first-order chi connectivity index (χ1) is 13.9. The van der Waals surface area contributed by atoms with Gasteiger partial charge in [-0.2, -0.15) is 0 Å². The highest BCUT2D eigenvalue weighted by Crippen LogP contribution is 2.29.